The van der Waals surface area contributed by atoms with Crippen LogP contribution in [0.4, 0.5) is 0 Å². The Kier molecular flexibility index (Phi) is 4.57. The number of hydrogen-bond donors (Lipinski definition) is 2. The molecule has 0 unspecified atom stereocenters. The van der Waals surface area contributed by atoms with Crippen molar-refractivity contribution in [2.45, 2.75) is 19.4 Å². The third-order valence-electron chi connectivity index (χ3n) is 4.76. The fourth-order valence-electron chi connectivity index (χ4n) is 3.61. The highest BCUT2D eigenvalue weighted by atomic mass is 16.5. The van der Waals surface area contributed by atoms with Gasteiger partial charge < -0.3 is 19.9 Å². The maximum atomic E-state index is 12.7. The number of carbonyl (C=O) groups is 1. The van der Waals surface area contributed by atoms with Crippen molar-refractivity contribution >= 4 is 11.5 Å². The molecule has 1 aromatic heterocycles. The maximum absolute atomic E-state index is 12.7. The Bertz CT molecular complexity index is 793. The third-order valence-corrected chi connectivity index (χ3v) is 4.76. The topological polar surface area (TPSA) is 55.3 Å². The van der Waals surface area contributed by atoms with Crippen LogP contribution in [-0.4, -0.2) is 36.7 Å². The quantitative estimate of drug-likeness (QED) is 0.823. The standard InChI is InChI=1S/C20H23N3O2/c24-20(22-10-12-25-16-6-2-1-3-7-16)18-14-23-11-9-21-13-15-5-4-8-17(18)19(15)23/h1-3,5-7,14,21H,4,8-13H2,(H,22,24). The number of para-hydroxylation sites is 1. The summed E-state index contributed by atoms with van der Waals surface area (Å²) in [6, 6.07) is 9.66. The van der Waals surface area contributed by atoms with Crippen LogP contribution in [0.25, 0.3) is 5.57 Å². The van der Waals surface area contributed by atoms with Gasteiger partial charge in [-0.05, 0) is 36.1 Å². The van der Waals surface area contributed by atoms with Crippen molar-refractivity contribution in [3.8, 4) is 5.75 Å². The second-order valence-electron chi connectivity index (χ2n) is 6.43. The zero-order valence-electron chi connectivity index (χ0n) is 14.3. The van der Waals surface area contributed by atoms with Crippen molar-refractivity contribution in [3.05, 3.63) is 59.4 Å². The molecule has 0 fully saturated rings. The van der Waals surface area contributed by atoms with E-state index in [1.807, 2.05) is 36.5 Å². The van der Waals surface area contributed by atoms with E-state index in [1.165, 1.54) is 16.8 Å². The number of aromatic nitrogens is 1. The number of benzene rings is 1. The minimum atomic E-state index is 0.00134. The first-order valence-electron chi connectivity index (χ1n) is 8.91. The summed E-state index contributed by atoms with van der Waals surface area (Å²) in [7, 11) is 0. The molecule has 1 aliphatic heterocycles. The second kappa shape index (κ2) is 7.15. The smallest absolute Gasteiger partial charge is 0.253 e. The van der Waals surface area contributed by atoms with Crippen molar-refractivity contribution in [1.82, 2.24) is 15.2 Å². The van der Waals surface area contributed by atoms with Gasteiger partial charge in [-0.2, -0.15) is 0 Å². The molecule has 5 nitrogen and oxygen atoms in total. The van der Waals surface area contributed by atoms with Crippen molar-refractivity contribution in [3.63, 3.8) is 0 Å². The molecule has 0 bridgehead atoms. The molecule has 5 heteroatoms. The Balaban J connectivity index is 1.41. The van der Waals surface area contributed by atoms with Crippen LogP contribution in [0.1, 0.15) is 28.0 Å². The largest absolute Gasteiger partial charge is 0.492 e. The number of nitrogens with one attached hydrogen (secondary N) is 2. The summed E-state index contributed by atoms with van der Waals surface area (Å²) in [5, 5.41) is 6.44. The molecule has 4 rings (SSSR count). The molecule has 2 aliphatic rings. The van der Waals surface area contributed by atoms with Gasteiger partial charge in [-0.3, -0.25) is 4.79 Å². The van der Waals surface area contributed by atoms with E-state index >= 15 is 0 Å². The van der Waals surface area contributed by atoms with Crippen molar-refractivity contribution < 1.29 is 9.53 Å². The molecule has 1 amide bonds. The molecule has 1 aliphatic carbocycles. The zero-order chi connectivity index (χ0) is 17.1. The summed E-state index contributed by atoms with van der Waals surface area (Å²) < 4.78 is 7.87. The summed E-state index contributed by atoms with van der Waals surface area (Å²) in [6.07, 6.45) is 6.26. The first-order chi connectivity index (χ1) is 12.3. The summed E-state index contributed by atoms with van der Waals surface area (Å²) in [5.41, 5.74) is 4.59. The summed E-state index contributed by atoms with van der Waals surface area (Å²) >= 11 is 0. The number of allylic oxidation sites excluding steroid dienone is 1. The Morgan fingerprint density at radius 2 is 2.16 bits per heavy atom. The molecule has 25 heavy (non-hydrogen) atoms. The Hall–Kier alpha value is -2.53. The van der Waals surface area contributed by atoms with Crippen molar-refractivity contribution in [2.24, 2.45) is 0 Å². The van der Waals surface area contributed by atoms with Gasteiger partial charge in [0.1, 0.15) is 12.4 Å². The number of amides is 1. The predicted molar refractivity (Wildman–Crippen MR) is 97.9 cm³/mol. The van der Waals surface area contributed by atoms with Crippen LogP contribution in [0.5, 0.6) is 5.75 Å². The molecule has 0 saturated carbocycles. The molecule has 130 valence electrons. The van der Waals surface area contributed by atoms with E-state index in [2.05, 4.69) is 21.3 Å². The van der Waals surface area contributed by atoms with E-state index in [0.717, 1.165) is 43.8 Å². The molecular formula is C20H23N3O2. The molecule has 0 spiro atoms. The lowest BCUT2D eigenvalue weighted by Gasteiger charge is -2.15. The molecule has 2 aromatic rings. The van der Waals surface area contributed by atoms with Crippen LogP contribution < -0.4 is 15.4 Å². The minimum absolute atomic E-state index is 0.00134. The van der Waals surface area contributed by atoms with Gasteiger partial charge in [-0.25, -0.2) is 0 Å². The van der Waals surface area contributed by atoms with E-state index in [1.54, 1.807) is 0 Å². The average Bonchev–Trinajstić information content (AvgIpc) is 2.89. The van der Waals surface area contributed by atoms with Crippen LogP contribution in [0.2, 0.25) is 0 Å². The minimum Gasteiger partial charge on any atom is -0.492 e. The van der Waals surface area contributed by atoms with Gasteiger partial charge in [0, 0.05) is 31.5 Å². The van der Waals surface area contributed by atoms with Crippen LogP contribution in [0, 0.1) is 0 Å². The number of ether oxygens (including phenoxy) is 1. The van der Waals surface area contributed by atoms with Gasteiger partial charge in [0.25, 0.3) is 5.91 Å². The summed E-state index contributed by atoms with van der Waals surface area (Å²) in [6.45, 7) is 3.70. The monoisotopic (exact) mass is 337 g/mol. The lowest BCUT2D eigenvalue weighted by Crippen LogP contribution is -2.28. The Morgan fingerprint density at radius 3 is 3.04 bits per heavy atom. The molecule has 0 radical (unpaired) electrons. The van der Waals surface area contributed by atoms with E-state index in [4.69, 9.17) is 4.74 Å². The van der Waals surface area contributed by atoms with Crippen molar-refractivity contribution in [2.75, 3.05) is 26.2 Å². The predicted octanol–water partition coefficient (Wildman–Crippen LogP) is 2.23. The average molecular weight is 337 g/mol. The second-order valence-corrected chi connectivity index (χ2v) is 6.43. The number of carbonyl (C=O) groups excluding carboxylic acids is 1. The van der Waals surface area contributed by atoms with E-state index in [0.29, 0.717) is 13.2 Å². The highest BCUT2D eigenvalue weighted by Gasteiger charge is 2.25. The van der Waals surface area contributed by atoms with Gasteiger partial charge in [0.05, 0.1) is 12.1 Å². The first-order valence-corrected chi connectivity index (χ1v) is 8.91. The van der Waals surface area contributed by atoms with Crippen LogP contribution in [0.15, 0.2) is 42.6 Å². The maximum Gasteiger partial charge on any atom is 0.253 e. The normalized spacial score (nSPS) is 15.8. The Morgan fingerprint density at radius 1 is 1.28 bits per heavy atom. The number of nitrogens with zero attached hydrogens (tertiary/aromatic N) is 1. The third kappa shape index (κ3) is 3.33. The molecule has 1 aromatic carbocycles. The van der Waals surface area contributed by atoms with Gasteiger partial charge in [-0.15, -0.1) is 0 Å². The lowest BCUT2D eigenvalue weighted by molar-refractivity contribution is 0.0946. The molecular weight excluding hydrogens is 314 g/mol. The van der Waals surface area contributed by atoms with Crippen LogP contribution >= 0.6 is 0 Å². The molecule has 0 saturated heterocycles. The summed E-state index contributed by atoms with van der Waals surface area (Å²) in [4.78, 5) is 12.7. The van der Waals surface area contributed by atoms with E-state index < -0.39 is 0 Å². The summed E-state index contributed by atoms with van der Waals surface area (Å²) in [5.74, 6) is 0.825. The van der Waals surface area contributed by atoms with Gasteiger partial charge in [0.2, 0.25) is 0 Å². The van der Waals surface area contributed by atoms with E-state index in [9.17, 15) is 4.79 Å². The molecule has 2 heterocycles. The fourth-order valence-corrected chi connectivity index (χ4v) is 3.61. The van der Waals surface area contributed by atoms with Gasteiger partial charge in [0.15, 0.2) is 0 Å². The lowest BCUT2D eigenvalue weighted by atomic mass is 9.94. The number of rotatable bonds is 5. The number of hydrogen-bond acceptors (Lipinski definition) is 3. The zero-order valence-corrected chi connectivity index (χ0v) is 14.3. The highest BCUT2D eigenvalue weighted by Crippen LogP contribution is 2.31. The van der Waals surface area contributed by atoms with Crippen LogP contribution in [0.3, 0.4) is 0 Å². The Labute approximate surface area is 147 Å². The van der Waals surface area contributed by atoms with Gasteiger partial charge >= 0.3 is 0 Å². The fraction of sp³-hybridized carbons (Fsp3) is 0.350. The molecule has 2 N–H and O–H groups in total. The highest BCUT2D eigenvalue weighted by molar-refractivity contribution is 5.97. The van der Waals surface area contributed by atoms with Gasteiger partial charge in [-0.1, -0.05) is 24.3 Å². The van der Waals surface area contributed by atoms with E-state index in [-0.39, 0.29) is 5.91 Å². The SMILES string of the molecule is O=C(NCCOc1ccccc1)c1cn2c3c1CCC=C3CNCC2. The van der Waals surface area contributed by atoms with Crippen molar-refractivity contribution in [1.29, 1.82) is 0 Å². The molecule has 0 atom stereocenters. The first kappa shape index (κ1) is 16.0. The van der Waals surface area contributed by atoms with Crippen LogP contribution in [-0.2, 0) is 13.0 Å².